The van der Waals surface area contributed by atoms with Crippen molar-refractivity contribution in [2.75, 3.05) is 11.9 Å². The summed E-state index contributed by atoms with van der Waals surface area (Å²) in [6, 6.07) is 20.0. The number of anilines is 1. The van der Waals surface area contributed by atoms with E-state index in [0.29, 0.717) is 11.5 Å². The molecule has 148 valence electrons. The fourth-order valence-electron chi connectivity index (χ4n) is 4.32. The maximum absolute atomic E-state index is 12.6. The van der Waals surface area contributed by atoms with E-state index in [1.54, 1.807) is 6.21 Å². The Morgan fingerprint density at radius 2 is 1.90 bits per heavy atom. The molecule has 4 nitrogen and oxygen atoms in total. The van der Waals surface area contributed by atoms with Crippen molar-refractivity contribution in [2.24, 2.45) is 5.10 Å². The minimum absolute atomic E-state index is 0.147. The van der Waals surface area contributed by atoms with Crippen LogP contribution in [0.5, 0.6) is 0 Å². The summed E-state index contributed by atoms with van der Waals surface area (Å²) in [5, 5.41) is 6.18. The van der Waals surface area contributed by atoms with Gasteiger partial charge in [-0.05, 0) is 66.3 Å². The number of fused-ring (bicyclic) bond motifs is 2. The van der Waals surface area contributed by atoms with Crippen molar-refractivity contribution in [3.05, 3.63) is 77.4 Å². The standard InChI is InChI=1S/C25H27N3O/c1-17-15-25(2,3)28(4)23-13-12-18(14-22(17)23)16-26-27-24(29)21-11-7-9-19-8-5-6-10-20(19)21/h5-14,16-17H,15H2,1-4H3,(H,27,29)/b26-16-/t17-/m0/s1. The first-order valence-corrected chi connectivity index (χ1v) is 10.1. The predicted octanol–water partition coefficient (Wildman–Crippen LogP) is 5.33. The molecule has 3 aromatic carbocycles. The van der Waals surface area contributed by atoms with Gasteiger partial charge in [-0.1, -0.05) is 49.4 Å². The Balaban J connectivity index is 1.53. The average Bonchev–Trinajstić information content (AvgIpc) is 2.71. The van der Waals surface area contributed by atoms with Crippen LogP contribution in [-0.2, 0) is 0 Å². The predicted molar refractivity (Wildman–Crippen MR) is 121 cm³/mol. The van der Waals surface area contributed by atoms with Crippen molar-refractivity contribution >= 4 is 28.6 Å². The summed E-state index contributed by atoms with van der Waals surface area (Å²) in [4.78, 5) is 15.0. The first-order valence-electron chi connectivity index (χ1n) is 10.1. The first kappa shape index (κ1) is 19.2. The lowest BCUT2D eigenvalue weighted by Crippen LogP contribution is -2.45. The summed E-state index contributed by atoms with van der Waals surface area (Å²) in [6.07, 6.45) is 2.82. The van der Waals surface area contributed by atoms with Gasteiger partial charge in [-0.3, -0.25) is 4.79 Å². The van der Waals surface area contributed by atoms with Crippen molar-refractivity contribution in [1.29, 1.82) is 0 Å². The zero-order valence-electron chi connectivity index (χ0n) is 17.4. The Morgan fingerprint density at radius 1 is 1.14 bits per heavy atom. The number of nitrogens with one attached hydrogen (secondary N) is 1. The van der Waals surface area contributed by atoms with Gasteiger partial charge in [0.15, 0.2) is 0 Å². The molecule has 1 aliphatic heterocycles. The van der Waals surface area contributed by atoms with Crippen molar-refractivity contribution in [1.82, 2.24) is 5.43 Å². The highest BCUT2D eigenvalue weighted by Crippen LogP contribution is 2.42. The van der Waals surface area contributed by atoms with Crippen LogP contribution in [0.15, 0.2) is 65.8 Å². The Morgan fingerprint density at radius 3 is 2.72 bits per heavy atom. The van der Waals surface area contributed by atoms with E-state index < -0.39 is 0 Å². The molecular weight excluding hydrogens is 358 g/mol. The normalized spacial score (nSPS) is 18.1. The number of rotatable bonds is 3. The van der Waals surface area contributed by atoms with Gasteiger partial charge >= 0.3 is 0 Å². The third kappa shape index (κ3) is 3.63. The molecule has 3 aromatic rings. The van der Waals surface area contributed by atoms with E-state index in [0.717, 1.165) is 22.8 Å². The molecule has 0 saturated carbocycles. The van der Waals surface area contributed by atoms with Crippen LogP contribution >= 0.6 is 0 Å². The number of hydrogen-bond acceptors (Lipinski definition) is 3. The summed E-state index contributed by atoms with van der Waals surface area (Å²) in [5.74, 6) is 0.278. The topological polar surface area (TPSA) is 44.7 Å². The van der Waals surface area contributed by atoms with Crippen molar-refractivity contribution < 1.29 is 4.79 Å². The molecule has 1 atom stereocenters. The molecule has 0 radical (unpaired) electrons. The summed E-state index contributed by atoms with van der Waals surface area (Å²) >= 11 is 0. The van der Waals surface area contributed by atoms with E-state index in [-0.39, 0.29) is 11.4 Å². The van der Waals surface area contributed by atoms with Gasteiger partial charge in [-0.2, -0.15) is 5.10 Å². The summed E-state index contributed by atoms with van der Waals surface area (Å²) < 4.78 is 0. The molecule has 1 aliphatic rings. The van der Waals surface area contributed by atoms with Crippen LogP contribution in [0.25, 0.3) is 10.8 Å². The minimum atomic E-state index is -0.203. The Hall–Kier alpha value is -3.14. The van der Waals surface area contributed by atoms with Gasteiger partial charge in [0, 0.05) is 23.8 Å². The highest BCUT2D eigenvalue weighted by Gasteiger charge is 2.33. The molecule has 4 heteroatoms. The fourth-order valence-corrected chi connectivity index (χ4v) is 4.32. The molecule has 0 aromatic heterocycles. The number of benzene rings is 3. The number of amides is 1. The summed E-state index contributed by atoms with van der Waals surface area (Å²) in [6.45, 7) is 6.84. The number of hydrogen-bond donors (Lipinski definition) is 1. The Bertz CT molecular complexity index is 1090. The largest absolute Gasteiger partial charge is 0.369 e. The van der Waals surface area contributed by atoms with Crippen LogP contribution in [0.2, 0.25) is 0 Å². The van der Waals surface area contributed by atoms with E-state index in [4.69, 9.17) is 0 Å². The van der Waals surface area contributed by atoms with E-state index in [2.05, 4.69) is 61.4 Å². The zero-order chi connectivity index (χ0) is 20.6. The van der Waals surface area contributed by atoms with E-state index in [9.17, 15) is 4.79 Å². The number of hydrazone groups is 1. The minimum Gasteiger partial charge on any atom is -0.369 e. The van der Waals surface area contributed by atoms with Gasteiger partial charge in [0.05, 0.1) is 6.21 Å². The smallest absolute Gasteiger partial charge is 0.271 e. The van der Waals surface area contributed by atoms with E-state index >= 15 is 0 Å². The summed E-state index contributed by atoms with van der Waals surface area (Å²) in [7, 11) is 2.16. The van der Waals surface area contributed by atoms with Crippen molar-refractivity contribution in [3.8, 4) is 0 Å². The quantitative estimate of drug-likeness (QED) is 0.489. The fraction of sp³-hybridized carbons (Fsp3) is 0.280. The molecule has 1 heterocycles. The lowest BCUT2D eigenvalue weighted by molar-refractivity contribution is 0.0957. The highest BCUT2D eigenvalue weighted by molar-refractivity contribution is 6.07. The molecule has 0 fully saturated rings. The van der Waals surface area contributed by atoms with Gasteiger partial charge in [-0.15, -0.1) is 0 Å². The van der Waals surface area contributed by atoms with Gasteiger partial charge in [0.1, 0.15) is 0 Å². The molecule has 1 amide bonds. The Kier molecular flexibility index (Phi) is 4.87. The second-order valence-corrected chi connectivity index (χ2v) is 8.52. The average molecular weight is 386 g/mol. The monoisotopic (exact) mass is 385 g/mol. The molecule has 0 unspecified atom stereocenters. The highest BCUT2D eigenvalue weighted by atomic mass is 16.2. The molecule has 1 N–H and O–H groups in total. The third-order valence-electron chi connectivity index (χ3n) is 6.07. The summed E-state index contributed by atoms with van der Waals surface area (Å²) in [5.41, 5.74) is 7.03. The van der Waals surface area contributed by atoms with Crippen LogP contribution < -0.4 is 10.3 Å². The SMILES string of the molecule is C[C@H]1CC(C)(C)N(C)c2ccc(/C=N\NC(=O)c3cccc4ccccc34)cc21. The van der Waals surface area contributed by atoms with Crippen molar-refractivity contribution in [2.45, 2.75) is 38.6 Å². The number of carbonyl (C=O) groups is 1. The van der Waals surface area contributed by atoms with Gasteiger partial charge in [0.2, 0.25) is 0 Å². The lowest BCUT2D eigenvalue weighted by Gasteiger charge is -2.45. The lowest BCUT2D eigenvalue weighted by atomic mass is 9.80. The van der Waals surface area contributed by atoms with Crippen LogP contribution in [0.3, 0.4) is 0 Å². The number of carbonyl (C=O) groups excluding carboxylic acids is 1. The van der Waals surface area contributed by atoms with E-state index in [1.807, 2.05) is 42.5 Å². The molecule has 0 saturated heterocycles. The molecular formula is C25H27N3O. The molecule has 0 bridgehead atoms. The van der Waals surface area contributed by atoms with Crippen LogP contribution in [-0.4, -0.2) is 24.7 Å². The van der Waals surface area contributed by atoms with Crippen LogP contribution in [0.1, 0.15) is 54.6 Å². The molecule has 0 spiro atoms. The van der Waals surface area contributed by atoms with Gasteiger partial charge in [0.25, 0.3) is 5.91 Å². The van der Waals surface area contributed by atoms with Crippen LogP contribution in [0.4, 0.5) is 5.69 Å². The zero-order valence-corrected chi connectivity index (χ0v) is 17.4. The molecule has 4 rings (SSSR count). The Labute approximate surface area is 172 Å². The third-order valence-corrected chi connectivity index (χ3v) is 6.07. The molecule has 29 heavy (non-hydrogen) atoms. The number of nitrogens with zero attached hydrogens (tertiary/aromatic N) is 2. The maximum Gasteiger partial charge on any atom is 0.271 e. The van der Waals surface area contributed by atoms with E-state index in [1.165, 1.54) is 11.3 Å². The van der Waals surface area contributed by atoms with Gasteiger partial charge < -0.3 is 4.90 Å². The molecule has 0 aliphatic carbocycles. The maximum atomic E-state index is 12.6. The van der Waals surface area contributed by atoms with Crippen molar-refractivity contribution in [3.63, 3.8) is 0 Å². The second-order valence-electron chi connectivity index (χ2n) is 8.52. The van der Waals surface area contributed by atoms with Gasteiger partial charge in [-0.25, -0.2) is 5.43 Å². The second kappa shape index (κ2) is 7.36. The van der Waals surface area contributed by atoms with Crippen LogP contribution in [0, 0.1) is 0 Å². The first-order chi connectivity index (χ1) is 13.9.